The molecule has 1 heterocycles. The van der Waals surface area contributed by atoms with Crippen LogP contribution in [-0.4, -0.2) is 42.2 Å². The molecule has 1 aromatic carbocycles. The van der Waals surface area contributed by atoms with Gasteiger partial charge >= 0.3 is 5.97 Å². The number of carbonyl (C=O) groups is 1. The molecule has 3 rings (SSSR count). The molecule has 1 aliphatic heterocycles. The number of esters is 1. The van der Waals surface area contributed by atoms with Crippen LogP contribution in [0.25, 0.3) is 0 Å². The summed E-state index contributed by atoms with van der Waals surface area (Å²) in [7, 11) is 2.04. The van der Waals surface area contributed by atoms with Crippen molar-refractivity contribution in [2.75, 3.05) is 20.1 Å². The number of rotatable bonds is 4. The van der Waals surface area contributed by atoms with Crippen molar-refractivity contribution in [3.63, 3.8) is 0 Å². The van der Waals surface area contributed by atoms with Gasteiger partial charge in [-0.25, -0.2) is 4.79 Å². The van der Waals surface area contributed by atoms with E-state index in [1.54, 1.807) is 0 Å². The smallest absolute Gasteiger partial charge is 0.343 e. The maximum Gasteiger partial charge on any atom is 0.343 e. The van der Waals surface area contributed by atoms with Gasteiger partial charge in [-0.3, -0.25) is 0 Å². The average Bonchev–Trinajstić information content (AvgIpc) is 3.10. The molecule has 0 bridgehead atoms. The predicted molar refractivity (Wildman–Crippen MR) is 88.9 cm³/mol. The fraction of sp³-hybridized carbons (Fsp3) is 0.632. The second kappa shape index (κ2) is 7.02. The maximum atomic E-state index is 12.9. The van der Waals surface area contributed by atoms with Crippen LogP contribution in [0.15, 0.2) is 30.3 Å². The second-order valence-electron chi connectivity index (χ2n) is 7.05. The molecule has 23 heavy (non-hydrogen) atoms. The molecule has 0 spiro atoms. The summed E-state index contributed by atoms with van der Waals surface area (Å²) in [5, 5.41) is 11.4. The molecule has 2 atom stereocenters. The SMILES string of the molecule is CN1CCC[C@@H](OC(=O)[C@](O)(c2ccccc2)C2CCCC2)C1. The van der Waals surface area contributed by atoms with E-state index in [0.717, 1.165) is 51.6 Å². The molecular weight excluding hydrogens is 290 g/mol. The number of hydrogen-bond acceptors (Lipinski definition) is 4. The summed E-state index contributed by atoms with van der Waals surface area (Å²) in [5.74, 6) is -0.505. The lowest BCUT2D eigenvalue weighted by atomic mass is 9.80. The van der Waals surface area contributed by atoms with Crippen molar-refractivity contribution >= 4 is 5.97 Å². The molecule has 0 amide bonds. The number of likely N-dealkylation sites (tertiary alicyclic amines) is 1. The predicted octanol–water partition coefficient (Wildman–Crippen LogP) is 2.70. The minimum Gasteiger partial charge on any atom is -0.459 e. The molecule has 0 radical (unpaired) electrons. The van der Waals surface area contributed by atoms with Gasteiger partial charge < -0.3 is 14.7 Å². The van der Waals surface area contributed by atoms with Gasteiger partial charge in [0.15, 0.2) is 5.60 Å². The molecule has 2 fully saturated rings. The highest BCUT2D eigenvalue weighted by Crippen LogP contribution is 2.41. The lowest BCUT2D eigenvalue weighted by Crippen LogP contribution is -2.47. The molecule has 1 saturated carbocycles. The molecule has 2 aliphatic rings. The van der Waals surface area contributed by atoms with Crippen LogP contribution in [0.1, 0.15) is 44.1 Å². The van der Waals surface area contributed by atoms with E-state index in [0.29, 0.717) is 5.56 Å². The quantitative estimate of drug-likeness (QED) is 0.868. The number of hydrogen-bond donors (Lipinski definition) is 1. The van der Waals surface area contributed by atoms with Crippen molar-refractivity contribution in [2.24, 2.45) is 5.92 Å². The lowest BCUT2D eigenvalue weighted by Gasteiger charge is -2.36. The van der Waals surface area contributed by atoms with Crippen LogP contribution in [-0.2, 0) is 15.1 Å². The number of aliphatic hydroxyl groups is 1. The molecule has 4 heteroatoms. The van der Waals surface area contributed by atoms with Crippen LogP contribution in [0.2, 0.25) is 0 Å². The Morgan fingerprint density at radius 1 is 1.17 bits per heavy atom. The van der Waals surface area contributed by atoms with Gasteiger partial charge in [0.25, 0.3) is 0 Å². The molecule has 1 saturated heterocycles. The van der Waals surface area contributed by atoms with Crippen LogP contribution in [0, 0.1) is 5.92 Å². The maximum absolute atomic E-state index is 12.9. The van der Waals surface area contributed by atoms with Crippen molar-refractivity contribution in [3.05, 3.63) is 35.9 Å². The Bertz CT molecular complexity index is 527. The minimum absolute atomic E-state index is 0.0429. The van der Waals surface area contributed by atoms with Crippen LogP contribution in [0.5, 0.6) is 0 Å². The third-order valence-corrected chi connectivity index (χ3v) is 5.33. The largest absolute Gasteiger partial charge is 0.459 e. The van der Waals surface area contributed by atoms with Gasteiger partial charge in [-0.05, 0) is 44.8 Å². The minimum atomic E-state index is -1.51. The first-order valence-electron chi connectivity index (χ1n) is 8.78. The van der Waals surface area contributed by atoms with Crippen molar-refractivity contribution in [1.82, 2.24) is 4.90 Å². The number of piperidine rings is 1. The summed E-state index contributed by atoms with van der Waals surface area (Å²) in [6, 6.07) is 9.33. The molecule has 1 aliphatic carbocycles. The summed E-state index contributed by atoms with van der Waals surface area (Å²) in [4.78, 5) is 15.1. The van der Waals surface area contributed by atoms with Gasteiger partial charge in [-0.15, -0.1) is 0 Å². The van der Waals surface area contributed by atoms with Crippen LogP contribution in [0.4, 0.5) is 0 Å². The van der Waals surface area contributed by atoms with Gasteiger partial charge in [0.1, 0.15) is 6.10 Å². The second-order valence-corrected chi connectivity index (χ2v) is 7.05. The van der Waals surface area contributed by atoms with E-state index in [4.69, 9.17) is 4.74 Å². The molecule has 126 valence electrons. The van der Waals surface area contributed by atoms with Crippen LogP contribution in [0.3, 0.4) is 0 Å². The zero-order chi connectivity index (χ0) is 16.3. The van der Waals surface area contributed by atoms with E-state index in [-0.39, 0.29) is 12.0 Å². The van der Waals surface area contributed by atoms with Crippen LogP contribution >= 0.6 is 0 Å². The number of nitrogens with zero attached hydrogens (tertiary/aromatic N) is 1. The van der Waals surface area contributed by atoms with Gasteiger partial charge in [-0.2, -0.15) is 0 Å². The van der Waals surface area contributed by atoms with Crippen molar-refractivity contribution in [1.29, 1.82) is 0 Å². The highest BCUT2D eigenvalue weighted by Gasteiger charge is 2.48. The molecule has 1 aromatic rings. The summed E-state index contributed by atoms with van der Waals surface area (Å²) in [6.07, 6.45) is 5.69. The number of ether oxygens (including phenoxy) is 1. The highest BCUT2D eigenvalue weighted by molar-refractivity contribution is 5.81. The Hall–Kier alpha value is -1.39. The lowest BCUT2D eigenvalue weighted by molar-refractivity contribution is -0.181. The molecule has 0 unspecified atom stereocenters. The summed E-state index contributed by atoms with van der Waals surface area (Å²) >= 11 is 0. The Balaban J connectivity index is 1.81. The first-order valence-corrected chi connectivity index (χ1v) is 8.78. The van der Waals surface area contributed by atoms with E-state index in [1.165, 1.54) is 0 Å². The van der Waals surface area contributed by atoms with E-state index in [9.17, 15) is 9.90 Å². The average molecular weight is 317 g/mol. The Morgan fingerprint density at radius 3 is 2.52 bits per heavy atom. The molecule has 0 aromatic heterocycles. The first kappa shape index (κ1) is 16.5. The standard InChI is InChI=1S/C19H27NO3/c1-20-13-7-12-17(14-20)23-18(21)19(22,16-10-5-6-11-16)15-8-3-2-4-9-15/h2-4,8-9,16-17,22H,5-7,10-14H2,1H3/t17-,19+/m1/s1. The van der Waals surface area contributed by atoms with Gasteiger partial charge in [-0.1, -0.05) is 43.2 Å². The van der Waals surface area contributed by atoms with Crippen molar-refractivity contribution < 1.29 is 14.6 Å². The Kier molecular flexibility index (Phi) is 5.02. The number of likely N-dealkylation sites (N-methyl/N-ethyl adjacent to an activating group) is 1. The fourth-order valence-electron chi connectivity index (χ4n) is 4.01. The molecule has 4 nitrogen and oxygen atoms in total. The Labute approximate surface area is 138 Å². The Morgan fingerprint density at radius 2 is 1.87 bits per heavy atom. The topological polar surface area (TPSA) is 49.8 Å². The first-order chi connectivity index (χ1) is 11.1. The number of carbonyl (C=O) groups excluding carboxylic acids is 1. The zero-order valence-corrected chi connectivity index (χ0v) is 13.9. The van der Waals surface area contributed by atoms with E-state index in [2.05, 4.69) is 4.90 Å². The third kappa shape index (κ3) is 3.43. The van der Waals surface area contributed by atoms with E-state index < -0.39 is 11.6 Å². The van der Waals surface area contributed by atoms with Gasteiger partial charge in [0.2, 0.25) is 0 Å². The van der Waals surface area contributed by atoms with Gasteiger partial charge in [0.05, 0.1) is 0 Å². The third-order valence-electron chi connectivity index (χ3n) is 5.33. The highest BCUT2D eigenvalue weighted by atomic mass is 16.6. The summed E-state index contributed by atoms with van der Waals surface area (Å²) in [5.41, 5.74) is -0.839. The molecular formula is C19H27NO3. The number of benzene rings is 1. The molecule has 1 N–H and O–H groups in total. The summed E-state index contributed by atoms with van der Waals surface area (Å²) < 4.78 is 5.76. The van der Waals surface area contributed by atoms with Gasteiger partial charge in [0, 0.05) is 12.5 Å². The fourth-order valence-corrected chi connectivity index (χ4v) is 4.01. The van der Waals surface area contributed by atoms with Crippen molar-refractivity contribution in [2.45, 2.75) is 50.2 Å². The van der Waals surface area contributed by atoms with E-state index >= 15 is 0 Å². The normalized spacial score (nSPS) is 25.9. The zero-order valence-electron chi connectivity index (χ0n) is 13.9. The summed E-state index contributed by atoms with van der Waals surface area (Å²) in [6.45, 7) is 1.79. The monoisotopic (exact) mass is 317 g/mol. The van der Waals surface area contributed by atoms with Crippen LogP contribution < -0.4 is 0 Å². The van der Waals surface area contributed by atoms with E-state index in [1.807, 2.05) is 37.4 Å². The van der Waals surface area contributed by atoms with Crippen molar-refractivity contribution in [3.8, 4) is 0 Å².